The van der Waals surface area contributed by atoms with Crippen LogP contribution in [-0.2, 0) is 24.3 Å². The van der Waals surface area contributed by atoms with Crippen LogP contribution >= 0.6 is 0 Å². The number of nitrogens with zero attached hydrogens (tertiary/aromatic N) is 3. The molecule has 1 saturated carbocycles. The first-order valence-corrected chi connectivity index (χ1v) is 8.89. The molecular weight excluding hydrogens is 319 g/mol. The van der Waals surface area contributed by atoms with Gasteiger partial charge in [-0.15, -0.1) is 0 Å². The van der Waals surface area contributed by atoms with Crippen molar-refractivity contribution in [2.75, 3.05) is 13.1 Å². The molecule has 1 N–H and O–H groups in total. The summed E-state index contributed by atoms with van der Waals surface area (Å²) in [4.78, 5) is 18.9. The molecule has 2 aliphatic rings. The first kappa shape index (κ1) is 16.3. The number of imidazole rings is 1. The van der Waals surface area contributed by atoms with E-state index in [0.717, 1.165) is 30.8 Å². The van der Waals surface area contributed by atoms with Gasteiger partial charge in [0.1, 0.15) is 5.82 Å². The number of fused-ring (bicyclic) bond motifs is 1. The van der Waals surface area contributed by atoms with Gasteiger partial charge in [0.05, 0.1) is 18.6 Å². The second-order valence-electron chi connectivity index (χ2n) is 7.10. The van der Waals surface area contributed by atoms with E-state index in [-0.39, 0.29) is 11.7 Å². The van der Waals surface area contributed by atoms with Crippen molar-refractivity contribution in [2.45, 2.75) is 45.3 Å². The van der Waals surface area contributed by atoms with E-state index in [0.29, 0.717) is 24.7 Å². The standard InChI is InChI=1S/C19H23FN4O/c1-13-2-3-14(8-16(13)20)9-21-19(25)11-23-7-6-18-17(10-23)22-12-24(18)15-4-5-15/h2-3,8,12,15H,4-7,9-11H2,1H3,(H,21,25). The maximum absolute atomic E-state index is 13.6. The van der Waals surface area contributed by atoms with Crippen molar-refractivity contribution in [1.82, 2.24) is 19.8 Å². The van der Waals surface area contributed by atoms with Crippen molar-refractivity contribution in [3.8, 4) is 0 Å². The number of rotatable bonds is 5. The molecule has 1 aromatic carbocycles. The summed E-state index contributed by atoms with van der Waals surface area (Å²) in [5.74, 6) is -0.271. The summed E-state index contributed by atoms with van der Waals surface area (Å²) in [5.41, 5.74) is 3.84. The van der Waals surface area contributed by atoms with Crippen LogP contribution in [-0.4, -0.2) is 33.4 Å². The molecule has 2 aromatic rings. The molecule has 1 aromatic heterocycles. The number of hydrogen-bond acceptors (Lipinski definition) is 3. The van der Waals surface area contributed by atoms with Crippen LogP contribution in [0, 0.1) is 12.7 Å². The largest absolute Gasteiger partial charge is 0.351 e. The number of aromatic nitrogens is 2. The summed E-state index contributed by atoms with van der Waals surface area (Å²) in [7, 11) is 0. The quantitative estimate of drug-likeness (QED) is 0.907. The van der Waals surface area contributed by atoms with Gasteiger partial charge in [-0.05, 0) is 37.0 Å². The Balaban J connectivity index is 1.30. The van der Waals surface area contributed by atoms with E-state index in [9.17, 15) is 9.18 Å². The molecule has 0 atom stereocenters. The molecule has 1 amide bonds. The molecule has 0 spiro atoms. The Labute approximate surface area is 146 Å². The molecule has 5 nitrogen and oxygen atoms in total. The van der Waals surface area contributed by atoms with E-state index in [4.69, 9.17) is 0 Å². The highest BCUT2D eigenvalue weighted by Crippen LogP contribution is 2.37. The van der Waals surface area contributed by atoms with Gasteiger partial charge in [0.2, 0.25) is 5.91 Å². The summed E-state index contributed by atoms with van der Waals surface area (Å²) >= 11 is 0. The third-order valence-electron chi connectivity index (χ3n) is 5.05. The lowest BCUT2D eigenvalue weighted by Gasteiger charge is -2.26. The van der Waals surface area contributed by atoms with E-state index in [1.807, 2.05) is 12.4 Å². The Bertz CT molecular complexity index is 797. The first-order valence-electron chi connectivity index (χ1n) is 8.89. The van der Waals surface area contributed by atoms with Crippen LogP contribution in [0.3, 0.4) is 0 Å². The van der Waals surface area contributed by atoms with Crippen LogP contribution in [0.5, 0.6) is 0 Å². The lowest BCUT2D eigenvalue weighted by molar-refractivity contribution is -0.122. The van der Waals surface area contributed by atoms with Gasteiger partial charge >= 0.3 is 0 Å². The Kier molecular flexibility index (Phi) is 4.29. The van der Waals surface area contributed by atoms with Crippen LogP contribution in [0.4, 0.5) is 4.39 Å². The van der Waals surface area contributed by atoms with Gasteiger partial charge in [-0.3, -0.25) is 9.69 Å². The molecule has 25 heavy (non-hydrogen) atoms. The number of aryl methyl sites for hydroxylation is 1. The Morgan fingerprint density at radius 1 is 1.40 bits per heavy atom. The molecule has 0 unspecified atom stereocenters. The number of carbonyl (C=O) groups excluding carboxylic acids is 1. The predicted octanol–water partition coefficient (Wildman–Crippen LogP) is 2.34. The Morgan fingerprint density at radius 3 is 3.00 bits per heavy atom. The number of hydrogen-bond donors (Lipinski definition) is 1. The van der Waals surface area contributed by atoms with Gasteiger partial charge in [0.25, 0.3) is 0 Å². The van der Waals surface area contributed by atoms with Crippen molar-refractivity contribution in [3.63, 3.8) is 0 Å². The molecule has 1 aliphatic carbocycles. The summed E-state index contributed by atoms with van der Waals surface area (Å²) in [6, 6.07) is 5.71. The van der Waals surface area contributed by atoms with E-state index in [1.165, 1.54) is 24.6 Å². The van der Waals surface area contributed by atoms with Gasteiger partial charge in [-0.25, -0.2) is 9.37 Å². The average Bonchev–Trinajstić information content (AvgIpc) is 3.35. The number of halogens is 1. The van der Waals surface area contributed by atoms with Crippen LogP contribution in [0.2, 0.25) is 0 Å². The van der Waals surface area contributed by atoms with E-state index < -0.39 is 0 Å². The molecule has 2 heterocycles. The molecule has 1 aliphatic heterocycles. The molecule has 132 valence electrons. The summed E-state index contributed by atoms with van der Waals surface area (Å²) in [5, 5.41) is 2.88. The molecule has 0 bridgehead atoms. The predicted molar refractivity (Wildman–Crippen MR) is 92.5 cm³/mol. The molecule has 0 saturated heterocycles. The number of benzene rings is 1. The van der Waals surface area contributed by atoms with Gasteiger partial charge in [-0.1, -0.05) is 12.1 Å². The highest BCUT2D eigenvalue weighted by molar-refractivity contribution is 5.78. The summed E-state index contributed by atoms with van der Waals surface area (Å²) in [6.07, 6.45) is 5.42. The SMILES string of the molecule is Cc1ccc(CNC(=O)CN2CCc3c(ncn3C3CC3)C2)cc1F. The Morgan fingerprint density at radius 2 is 2.24 bits per heavy atom. The monoisotopic (exact) mass is 342 g/mol. The number of carbonyl (C=O) groups is 1. The van der Waals surface area contributed by atoms with Crippen LogP contribution in [0.1, 0.15) is 41.4 Å². The lowest BCUT2D eigenvalue weighted by Crippen LogP contribution is -2.40. The van der Waals surface area contributed by atoms with E-state index >= 15 is 0 Å². The lowest BCUT2D eigenvalue weighted by atomic mass is 10.1. The Hall–Kier alpha value is -2.21. The molecular formula is C19H23FN4O. The fourth-order valence-corrected chi connectivity index (χ4v) is 3.39. The average molecular weight is 342 g/mol. The van der Waals surface area contributed by atoms with Crippen molar-refractivity contribution < 1.29 is 9.18 Å². The maximum atomic E-state index is 13.6. The van der Waals surface area contributed by atoms with Crippen LogP contribution in [0.25, 0.3) is 0 Å². The molecule has 0 radical (unpaired) electrons. The molecule has 4 rings (SSSR count). The second kappa shape index (κ2) is 6.59. The normalized spacial score (nSPS) is 17.4. The fourth-order valence-electron chi connectivity index (χ4n) is 3.39. The highest BCUT2D eigenvalue weighted by Gasteiger charge is 2.29. The van der Waals surface area contributed by atoms with Gasteiger partial charge in [0.15, 0.2) is 0 Å². The third-order valence-corrected chi connectivity index (χ3v) is 5.05. The minimum atomic E-state index is -0.235. The van der Waals surface area contributed by atoms with Crippen LogP contribution < -0.4 is 5.32 Å². The maximum Gasteiger partial charge on any atom is 0.234 e. The number of nitrogens with one attached hydrogen (secondary N) is 1. The minimum Gasteiger partial charge on any atom is -0.351 e. The summed E-state index contributed by atoms with van der Waals surface area (Å²) < 4.78 is 15.9. The van der Waals surface area contributed by atoms with Gasteiger partial charge < -0.3 is 9.88 Å². The molecule has 1 fully saturated rings. The highest BCUT2D eigenvalue weighted by atomic mass is 19.1. The van der Waals surface area contributed by atoms with Gasteiger partial charge in [0, 0.05) is 37.8 Å². The van der Waals surface area contributed by atoms with Crippen molar-refractivity contribution >= 4 is 5.91 Å². The van der Waals surface area contributed by atoms with Gasteiger partial charge in [-0.2, -0.15) is 0 Å². The first-order chi connectivity index (χ1) is 12.1. The molecule has 6 heteroatoms. The zero-order valence-corrected chi connectivity index (χ0v) is 14.5. The zero-order chi connectivity index (χ0) is 17.4. The van der Waals surface area contributed by atoms with Crippen molar-refractivity contribution in [2.24, 2.45) is 0 Å². The summed E-state index contributed by atoms with van der Waals surface area (Å²) in [6.45, 7) is 4.03. The zero-order valence-electron chi connectivity index (χ0n) is 14.5. The fraction of sp³-hybridized carbons (Fsp3) is 0.474. The van der Waals surface area contributed by atoms with E-state index in [2.05, 4.69) is 19.8 Å². The van der Waals surface area contributed by atoms with Crippen molar-refractivity contribution in [3.05, 3.63) is 52.9 Å². The van der Waals surface area contributed by atoms with Crippen molar-refractivity contribution in [1.29, 1.82) is 0 Å². The number of amides is 1. The van der Waals surface area contributed by atoms with Crippen LogP contribution in [0.15, 0.2) is 24.5 Å². The topological polar surface area (TPSA) is 50.2 Å². The smallest absolute Gasteiger partial charge is 0.234 e. The van der Waals surface area contributed by atoms with E-state index in [1.54, 1.807) is 13.0 Å². The third kappa shape index (κ3) is 3.58. The minimum absolute atomic E-state index is 0.0361. The second-order valence-corrected chi connectivity index (χ2v) is 7.10.